The van der Waals surface area contributed by atoms with E-state index in [0.717, 1.165) is 44.8 Å². The van der Waals surface area contributed by atoms with Crippen molar-refractivity contribution in [2.45, 2.75) is 45.6 Å². The minimum Gasteiger partial charge on any atom is -0.376 e. The lowest BCUT2D eigenvalue weighted by atomic mass is 10.1. The van der Waals surface area contributed by atoms with Crippen LogP contribution in [0.1, 0.15) is 38.2 Å². The molecule has 1 saturated heterocycles. The van der Waals surface area contributed by atoms with E-state index < -0.39 is 0 Å². The molecule has 0 aliphatic carbocycles. The van der Waals surface area contributed by atoms with E-state index in [-0.39, 0.29) is 16.7 Å². The van der Waals surface area contributed by atoms with Crippen molar-refractivity contribution in [3.63, 3.8) is 0 Å². The zero-order valence-electron chi connectivity index (χ0n) is 12.7. The van der Waals surface area contributed by atoms with Crippen molar-refractivity contribution in [1.29, 1.82) is 0 Å². The molecule has 0 N–H and O–H groups in total. The van der Waals surface area contributed by atoms with Gasteiger partial charge in [0.25, 0.3) is 5.69 Å². The molecule has 1 aromatic rings. The highest BCUT2D eigenvalue weighted by Crippen LogP contribution is 2.23. The fraction of sp³-hybridized carbons (Fsp3) is 0.667. The van der Waals surface area contributed by atoms with Crippen LogP contribution in [-0.2, 0) is 4.74 Å². The van der Waals surface area contributed by atoms with E-state index in [4.69, 9.17) is 4.74 Å². The number of aromatic nitrogens is 1. The molecule has 1 fully saturated rings. The first-order valence-corrected chi connectivity index (χ1v) is 7.59. The van der Waals surface area contributed by atoms with Gasteiger partial charge in [0.15, 0.2) is 0 Å². The Labute approximate surface area is 125 Å². The van der Waals surface area contributed by atoms with Crippen molar-refractivity contribution in [2.75, 3.05) is 24.6 Å². The number of hydrogen-bond acceptors (Lipinski definition) is 5. The van der Waals surface area contributed by atoms with Crippen LogP contribution in [-0.4, -0.2) is 35.7 Å². The van der Waals surface area contributed by atoms with Gasteiger partial charge < -0.3 is 9.64 Å². The number of ether oxygens (including phenoxy) is 1. The molecular weight excluding hydrogens is 270 g/mol. The van der Waals surface area contributed by atoms with Gasteiger partial charge in [-0.2, -0.15) is 0 Å². The first-order valence-electron chi connectivity index (χ1n) is 7.59. The standard InChI is InChI=1S/C15H23N3O3/c1-3-7-17(11-13-6-4-5-8-21-13)15-9-12(2)14(10-16-15)18(19)20/h9-10,13H,3-8,11H2,1-2H3. The molecule has 1 aliphatic heterocycles. The summed E-state index contributed by atoms with van der Waals surface area (Å²) in [6, 6.07) is 1.80. The lowest BCUT2D eigenvalue weighted by Gasteiger charge is -2.30. The molecule has 21 heavy (non-hydrogen) atoms. The van der Waals surface area contributed by atoms with Crippen LogP contribution in [0, 0.1) is 17.0 Å². The second kappa shape index (κ2) is 7.36. The Morgan fingerprint density at radius 3 is 2.90 bits per heavy atom. The SMILES string of the molecule is CCCN(CC1CCCCO1)c1cc(C)c([N+](=O)[O-])cn1. The smallest absolute Gasteiger partial charge is 0.290 e. The summed E-state index contributed by atoms with van der Waals surface area (Å²) in [5, 5.41) is 10.9. The fourth-order valence-electron chi connectivity index (χ4n) is 2.66. The van der Waals surface area contributed by atoms with Gasteiger partial charge in [-0.15, -0.1) is 0 Å². The van der Waals surface area contributed by atoms with Crippen molar-refractivity contribution in [1.82, 2.24) is 4.98 Å². The zero-order chi connectivity index (χ0) is 15.2. The molecule has 0 radical (unpaired) electrons. The number of rotatable bonds is 6. The van der Waals surface area contributed by atoms with Crippen molar-refractivity contribution in [3.05, 3.63) is 27.9 Å². The van der Waals surface area contributed by atoms with Gasteiger partial charge in [-0.25, -0.2) is 4.98 Å². The fourth-order valence-corrected chi connectivity index (χ4v) is 2.66. The first-order chi connectivity index (χ1) is 10.1. The molecule has 6 nitrogen and oxygen atoms in total. The predicted molar refractivity (Wildman–Crippen MR) is 81.7 cm³/mol. The molecule has 1 atom stereocenters. The second-order valence-corrected chi connectivity index (χ2v) is 5.52. The average molecular weight is 293 g/mol. The number of hydrogen-bond donors (Lipinski definition) is 0. The van der Waals surface area contributed by atoms with Crippen molar-refractivity contribution in [2.24, 2.45) is 0 Å². The van der Waals surface area contributed by atoms with Crippen LogP contribution in [0.3, 0.4) is 0 Å². The van der Waals surface area contributed by atoms with Gasteiger partial charge in [0.1, 0.15) is 12.0 Å². The topological polar surface area (TPSA) is 68.5 Å². The molecule has 1 aliphatic rings. The summed E-state index contributed by atoms with van der Waals surface area (Å²) in [5.74, 6) is 0.800. The molecule has 6 heteroatoms. The molecule has 0 aromatic carbocycles. The zero-order valence-corrected chi connectivity index (χ0v) is 12.7. The summed E-state index contributed by atoms with van der Waals surface area (Å²) in [7, 11) is 0. The van der Waals surface area contributed by atoms with Crippen LogP contribution in [0.15, 0.2) is 12.3 Å². The van der Waals surface area contributed by atoms with E-state index in [1.54, 1.807) is 13.0 Å². The maximum atomic E-state index is 10.9. The largest absolute Gasteiger partial charge is 0.376 e. The average Bonchev–Trinajstić information content (AvgIpc) is 2.47. The van der Waals surface area contributed by atoms with Gasteiger partial charge in [-0.1, -0.05) is 6.92 Å². The molecule has 0 bridgehead atoms. The van der Waals surface area contributed by atoms with Gasteiger partial charge in [0.2, 0.25) is 0 Å². The minimum atomic E-state index is -0.388. The van der Waals surface area contributed by atoms with Crippen molar-refractivity contribution < 1.29 is 9.66 Å². The van der Waals surface area contributed by atoms with E-state index in [1.807, 2.05) is 0 Å². The maximum Gasteiger partial charge on any atom is 0.290 e. The minimum absolute atomic E-state index is 0.0733. The Bertz CT molecular complexity index is 487. The number of anilines is 1. The Hall–Kier alpha value is -1.69. The third-order valence-electron chi connectivity index (χ3n) is 3.78. The summed E-state index contributed by atoms with van der Waals surface area (Å²) in [6.07, 6.45) is 6.02. The van der Waals surface area contributed by atoms with Gasteiger partial charge in [-0.05, 0) is 38.7 Å². The number of nitrogens with zero attached hydrogens (tertiary/aromatic N) is 3. The molecule has 0 spiro atoms. The Kier molecular flexibility index (Phi) is 5.50. The molecule has 1 unspecified atom stereocenters. The van der Waals surface area contributed by atoms with Crippen molar-refractivity contribution in [3.8, 4) is 0 Å². The van der Waals surface area contributed by atoms with E-state index >= 15 is 0 Å². The number of aryl methyl sites for hydroxylation is 1. The van der Waals surface area contributed by atoms with Gasteiger partial charge in [-0.3, -0.25) is 10.1 Å². The Morgan fingerprint density at radius 1 is 1.52 bits per heavy atom. The van der Waals surface area contributed by atoms with Crippen LogP contribution in [0.25, 0.3) is 0 Å². The van der Waals surface area contributed by atoms with Gasteiger partial charge in [0.05, 0.1) is 11.0 Å². The van der Waals surface area contributed by atoms with Crippen LogP contribution in [0.5, 0.6) is 0 Å². The maximum absolute atomic E-state index is 10.9. The summed E-state index contributed by atoms with van der Waals surface area (Å²) >= 11 is 0. The van der Waals surface area contributed by atoms with Gasteiger partial charge >= 0.3 is 0 Å². The monoisotopic (exact) mass is 293 g/mol. The van der Waals surface area contributed by atoms with Crippen LogP contribution < -0.4 is 4.90 Å². The predicted octanol–water partition coefficient (Wildman–Crippen LogP) is 3.08. The highest BCUT2D eigenvalue weighted by molar-refractivity contribution is 5.48. The highest BCUT2D eigenvalue weighted by Gasteiger charge is 2.20. The molecule has 116 valence electrons. The molecular formula is C15H23N3O3. The van der Waals surface area contributed by atoms with Crippen LogP contribution in [0.4, 0.5) is 11.5 Å². The highest BCUT2D eigenvalue weighted by atomic mass is 16.6. The second-order valence-electron chi connectivity index (χ2n) is 5.52. The summed E-state index contributed by atoms with van der Waals surface area (Å²) in [4.78, 5) is 16.9. The van der Waals surface area contributed by atoms with Gasteiger partial charge in [0, 0.05) is 25.3 Å². The third kappa shape index (κ3) is 4.14. The lowest BCUT2D eigenvalue weighted by Crippen LogP contribution is -2.36. The molecule has 2 heterocycles. The molecule has 0 saturated carbocycles. The van der Waals surface area contributed by atoms with Crippen LogP contribution in [0.2, 0.25) is 0 Å². The Morgan fingerprint density at radius 2 is 2.33 bits per heavy atom. The normalized spacial score (nSPS) is 18.5. The third-order valence-corrected chi connectivity index (χ3v) is 3.78. The summed E-state index contributed by atoms with van der Waals surface area (Å²) < 4.78 is 5.79. The molecule has 0 amide bonds. The van der Waals surface area contributed by atoms with Crippen LogP contribution >= 0.6 is 0 Å². The molecule has 1 aromatic heterocycles. The summed E-state index contributed by atoms with van der Waals surface area (Å²) in [6.45, 7) is 6.39. The van der Waals surface area contributed by atoms with E-state index in [2.05, 4.69) is 16.8 Å². The summed E-state index contributed by atoms with van der Waals surface area (Å²) in [5.41, 5.74) is 0.722. The first kappa shape index (κ1) is 15.7. The lowest BCUT2D eigenvalue weighted by molar-refractivity contribution is -0.385. The number of pyridine rings is 1. The molecule has 2 rings (SSSR count). The van der Waals surface area contributed by atoms with Crippen molar-refractivity contribution >= 4 is 11.5 Å². The Balaban J connectivity index is 2.13. The van der Waals surface area contributed by atoms with E-state index in [0.29, 0.717) is 5.56 Å². The number of nitro groups is 1. The van der Waals surface area contributed by atoms with E-state index in [1.165, 1.54) is 12.6 Å². The van der Waals surface area contributed by atoms with E-state index in [9.17, 15) is 10.1 Å². The quantitative estimate of drug-likeness (QED) is 0.595.